The standard InChI is InChI=1S/C21H25IN2O5S/c1-4-13(2)29-19-15(22)9-14(10-16(19)28-3)11-17-20(26)24(21(27)30-17)12-18(25)23-7-5-6-8-23/h9-11,13H,4-8,12H2,1-3H3/b17-11+/t13-/m0/s1. The molecule has 0 aromatic heterocycles. The van der Waals surface area contributed by atoms with Crippen LogP contribution in [0.2, 0.25) is 0 Å². The van der Waals surface area contributed by atoms with Crippen LogP contribution in [0, 0.1) is 3.57 Å². The molecule has 7 nitrogen and oxygen atoms in total. The third-order valence-corrected chi connectivity index (χ3v) is 6.78. The molecule has 3 amide bonds. The second kappa shape index (κ2) is 10.0. The minimum absolute atomic E-state index is 0.0444. The van der Waals surface area contributed by atoms with Gasteiger partial charge in [-0.1, -0.05) is 6.92 Å². The number of nitrogens with zero attached hydrogens (tertiary/aromatic N) is 2. The average molecular weight is 544 g/mol. The highest BCUT2D eigenvalue weighted by Crippen LogP contribution is 2.38. The zero-order chi connectivity index (χ0) is 21.8. The van der Waals surface area contributed by atoms with Crippen LogP contribution in [0.1, 0.15) is 38.7 Å². The lowest BCUT2D eigenvalue weighted by molar-refractivity contribution is -0.135. The number of amides is 3. The molecule has 3 rings (SSSR count). The van der Waals surface area contributed by atoms with Gasteiger partial charge in [0.2, 0.25) is 5.91 Å². The van der Waals surface area contributed by atoms with Crippen LogP contribution in [-0.4, -0.2) is 59.7 Å². The van der Waals surface area contributed by atoms with Crippen molar-refractivity contribution >= 4 is 57.5 Å². The van der Waals surface area contributed by atoms with Crippen molar-refractivity contribution in [2.75, 3.05) is 26.7 Å². The zero-order valence-corrected chi connectivity index (χ0v) is 20.2. The van der Waals surface area contributed by atoms with Crippen LogP contribution in [0.3, 0.4) is 0 Å². The van der Waals surface area contributed by atoms with E-state index in [-0.39, 0.29) is 18.6 Å². The minimum Gasteiger partial charge on any atom is -0.493 e. The van der Waals surface area contributed by atoms with Crippen molar-refractivity contribution in [3.63, 3.8) is 0 Å². The Hall–Kier alpha value is -1.75. The number of hydrogen-bond acceptors (Lipinski definition) is 6. The fraction of sp³-hybridized carbons (Fsp3) is 0.476. The maximum atomic E-state index is 12.7. The Morgan fingerprint density at radius 2 is 2.00 bits per heavy atom. The molecule has 2 aliphatic heterocycles. The van der Waals surface area contributed by atoms with E-state index in [0.717, 1.165) is 45.1 Å². The van der Waals surface area contributed by atoms with Gasteiger partial charge in [-0.25, -0.2) is 0 Å². The van der Waals surface area contributed by atoms with Crippen LogP contribution < -0.4 is 9.47 Å². The topological polar surface area (TPSA) is 76.2 Å². The van der Waals surface area contributed by atoms with Gasteiger partial charge in [-0.3, -0.25) is 19.3 Å². The Morgan fingerprint density at radius 1 is 1.30 bits per heavy atom. The summed E-state index contributed by atoms with van der Waals surface area (Å²) < 4.78 is 12.3. The van der Waals surface area contributed by atoms with Crippen LogP contribution in [0.4, 0.5) is 4.79 Å². The lowest BCUT2D eigenvalue weighted by Crippen LogP contribution is -2.40. The molecular formula is C21H25IN2O5S. The Labute approximate surface area is 194 Å². The van der Waals surface area contributed by atoms with Gasteiger partial charge < -0.3 is 14.4 Å². The molecule has 9 heteroatoms. The quantitative estimate of drug-likeness (QED) is 0.380. The van der Waals surface area contributed by atoms with Crippen LogP contribution in [-0.2, 0) is 9.59 Å². The number of benzene rings is 1. The number of hydrogen-bond donors (Lipinski definition) is 0. The molecule has 0 spiro atoms. The molecule has 0 unspecified atom stereocenters. The Morgan fingerprint density at radius 3 is 2.63 bits per heavy atom. The number of thioether (sulfide) groups is 1. The third kappa shape index (κ3) is 5.11. The van der Waals surface area contributed by atoms with Gasteiger partial charge in [0.05, 0.1) is 21.7 Å². The third-order valence-electron chi connectivity index (χ3n) is 5.07. The first-order valence-electron chi connectivity index (χ1n) is 9.91. The number of halogens is 1. The van der Waals surface area contributed by atoms with Gasteiger partial charge in [-0.2, -0.15) is 0 Å². The average Bonchev–Trinajstić information content (AvgIpc) is 3.34. The molecule has 0 saturated carbocycles. The zero-order valence-electron chi connectivity index (χ0n) is 17.3. The molecule has 162 valence electrons. The van der Waals surface area contributed by atoms with Gasteiger partial charge in [-0.15, -0.1) is 0 Å². The summed E-state index contributed by atoms with van der Waals surface area (Å²) >= 11 is 3.02. The van der Waals surface area contributed by atoms with Crippen LogP contribution in [0.15, 0.2) is 17.0 Å². The van der Waals surface area contributed by atoms with Crippen LogP contribution in [0.5, 0.6) is 11.5 Å². The molecule has 1 aromatic carbocycles. The first-order valence-corrected chi connectivity index (χ1v) is 11.8. The van der Waals surface area contributed by atoms with E-state index in [4.69, 9.17) is 9.47 Å². The van der Waals surface area contributed by atoms with Gasteiger partial charge in [0.15, 0.2) is 11.5 Å². The molecular weight excluding hydrogens is 519 g/mol. The highest BCUT2D eigenvalue weighted by molar-refractivity contribution is 14.1. The molecule has 0 radical (unpaired) electrons. The summed E-state index contributed by atoms with van der Waals surface area (Å²) in [6, 6.07) is 3.66. The van der Waals surface area contributed by atoms with E-state index < -0.39 is 11.1 Å². The minimum atomic E-state index is -0.438. The number of ether oxygens (including phenoxy) is 2. The van der Waals surface area contributed by atoms with E-state index in [1.807, 2.05) is 19.9 Å². The molecule has 30 heavy (non-hydrogen) atoms. The number of carbonyl (C=O) groups is 3. The number of carbonyl (C=O) groups excluding carboxylic acids is 3. The van der Waals surface area contributed by atoms with Crippen molar-refractivity contribution in [2.45, 2.75) is 39.2 Å². The van der Waals surface area contributed by atoms with Crippen molar-refractivity contribution in [1.82, 2.24) is 9.80 Å². The van der Waals surface area contributed by atoms with Crippen molar-refractivity contribution in [3.05, 3.63) is 26.2 Å². The van der Waals surface area contributed by atoms with E-state index in [2.05, 4.69) is 22.6 Å². The summed E-state index contributed by atoms with van der Waals surface area (Å²) in [5, 5.41) is -0.419. The maximum Gasteiger partial charge on any atom is 0.294 e. The van der Waals surface area contributed by atoms with E-state index in [9.17, 15) is 14.4 Å². The number of imide groups is 1. The molecule has 0 aliphatic carbocycles. The predicted molar refractivity (Wildman–Crippen MR) is 125 cm³/mol. The van der Waals surface area contributed by atoms with Gasteiger partial charge in [0, 0.05) is 13.1 Å². The summed E-state index contributed by atoms with van der Waals surface area (Å²) in [5.41, 5.74) is 0.726. The smallest absolute Gasteiger partial charge is 0.294 e. The highest BCUT2D eigenvalue weighted by Gasteiger charge is 2.37. The van der Waals surface area contributed by atoms with E-state index in [1.54, 1.807) is 24.2 Å². The van der Waals surface area contributed by atoms with Crippen molar-refractivity contribution in [2.24, 2.45) is 0 Å². The predicted octanol–water partition coefficient (Wildman–Crippen LogP) is 4.14. The first kappa shape index (κ1) is 22.9. The van der Waals surface area contributed by atoms with E-state index >= 15 is 0 Å². The first-order chi connectivity index (χ1) is 14.3. The summed E-state index contributed by atoms with van der Waals surface area (Å²) in [7, 11) is 1.57. The van der Waals surface area contributed by atoms with Crippen molar-refractivity contribution < 1.29 is 23.9 Å². The molecule has 1 aromatic rings. The van der Waals surface area contributed by atoms with Crippen molar-refractivity contribution in [1.29, 1.82) is 0 Å². The monoisotopic (exact) mass is 544 g/mol. The second-order valence-corrected chi connectivity index (χ2v) is 9.38. The summed E-state index contributed by atoms with van der Waals surface area (Å²) in [6.45, 7) is 5.21. The molecule has 0 bridgehead atoms. The lowest BCUT2D eigenvalue weighted by Gasteiger charge is -2.18. The van der Waals surface area contributed by atoms with Gasteiger partial charge in [0.25, 0.3) is 11.1 Å². The largest absolute Gasteiger partial charge is 0.493 e. The number of rotatable bonds is 7. The van der Waals surface area contributed by atoms with Gasteiger partial charge in [0.1, 0.15) is 6.54 Å². The van der Waals surface area contributed by atoms with Crippen LogP contribution in [0.25, 0.3) is 6.08 Å². The molecule has 2 heterocycles. The number of methoxy groups -OCH3 is 1. The van der Waals surface area contributed by atoms with Gasteiger partial charge >= 0.3 is 0 Å². The normalized spacial score (nSPS) is 19.0. The molecule has 1 atom stereocenters. The second-order valence-electron chi connectivity index (χ2n) is 7.23. The van der Waals surface area contributed by atoms with E-state index in [0.29, 0.717) is 29.5 Å². The summed E-state index contributed by atoms with van der Waals surface area (Å²) in [6.07, 6.45) is 4.49. The molecule has 2 aliphatic rings. The lowest BCUT2D eigenvalue weighted by atomic mass is 10.1. The fourth-order valence-corrected chi connectivity index (χ4v) is 4.80. The van der Waals surface area contributed by atoms with Gasteiger partial charge in [-0.05, 0) is 84.3 Å². The SMILES string of the molecule is CC[C@H](C)Oc1c(I)cc(/C=C2/SC(=O)N(CC(=O)N3CCCC3)C2=O)cc1OC. The molecule has 0 N–H and O–H groups in total. The fourth-order valence-electron chi connectivity index (χ4n) is 3.21. The Bertz CT molecular complexity index is 882. The molecule has 2 fully saturated rings. The highest BCUT2D eigenvalue weighted by atomic mass is 127. The molecule has 2 saturated heterocycles. The summed E-state index contributed by atoms with van der Waals surface area (Å²) in [5.74, 6) is 0.607. The maximum absolute atomic E-state index is 12.7. The number of likely N-dealkylation sites (tertiary alicyclic amines) is 1. The van der Waals surface area contributed by atoms with Crippen LogP contribution >= 0.6 is 34.4 Å². The summed E-state index contributed by atoms with van der Waals surface area (Å²) in [4.78, 5) is 40.5. The van der Waals surface area contributed by atoms with Crippen molar-refractivity contribution in [3.8, 4) is 11.5 Å². The van der Waals surface area contributed by atoms with E-state index in [1.165, 1.54) is 0 Å². The Kier molecular flexibility index (Phi) is 7.67. The Balaban J connectivity index is 1.79.